The molecule has 33 radical (unpaired) electrons. The minimum atomic E-state index is -1.07. The maximum absolute atomic E-state index is 6.25. The van der Waals surface area contributed by atoms with Crippen molar-refractivity contribution in [2.24, 2.45) is 5.73 Å². The van der Waals surface area contributed by atoms with Crippen LogP contribution in [0, 0.1) is 0 Å². The molecule has 0 aliphatic heterocycles. The molecule has 3 aromatic rings. The van der Waals surface area contributed by atoms with E-state index in [0.717, 1.165) is 33.3 Å². The Hall–Kier alpha value is -0.377. The van der Waals surface area contributed by atoms with Crippen molar-refractivity contribution in [1.82, 2.24) is 4.98 Å². The second-order valence-electron chi connectivity index (χ2n) is 12.8. The van der Waals surface area contributed by atoms with Crippen LogP contribution in [0.25, 0.3) is 22.0 Å². The van der Waals surface area contributed by atoms with Crippen molar-refractivity contribution >= 4 is 237 Å². The molecule has 0 saturated carbocycles. The lowest BCUT2D eigenvalue weighted by atomic mass is 8.31. The number of nitrogens with two attached hydrogens (primary N) is 2. The predicted molar refractivity (Wildman–Crippen MR) is 258 cm³/mol. The molecule has 0 saturated heterocycles. The van der Waals surface area contributed by atoms with Crippen LogP contribution in [0.15, 0.2) is 54.7 Å². The Morgan fingerprint density at radius 3 is 1.42 bits per heavy atom. The fourth-order valence-electron chi connectivity index (χ4n) is 7.09. The lowest BCUT2D eigenvalue weighted by Crippen LogP contribution is -2.89. The lowest BCUT2D eigenvalue weighted by molar-refractivity contribution is 1.07. The SMILES string of the molecule is NCc1ccccc1-c1nccc2cc(N)ccc12.[B][B]B([B])B(B([B])[B])B(B(B([B])[B])B([B])[B])B(B(B([B])[B])B([B])[B])B(B([B])[B])B([B])[B]. The third kappa shape index (κ3) is 11.8. The number of pyridine rings is 1. The molecule has 0 aliphatic rings. The van der Waals surface area contributed by atoms with Crippen molar-refractivity contribution in [2.45, 2.75) is 6.54 Å². The molecule has 0 unspecified atom stereocenters. The molecule has 2 aromatic carbocycles. The van der Waals surface area contributed by atoms with E-state index in [1.807, 2.05) is 48.7 Å². The van der Waals surface area contributed by atoms with E-state index in [4.69, 9.17) is 135 Å². The van der Waals surface area contributed by atoms with Crippen LogP contribution in [-0.4, -0.2) is 225 Å². The van der Waals surface area contributed by atoms with E-state index in [1.54, 1.807) is 0 Å². The molecule has 0 spiro atoms. The van der Waals surface area contributed by atoms with Crippen LogP contribution in [0.4, 0.5) is 5.69 Å². The first-order chi connectivity index (χ1) is 23.4. The van der Waals surface area contributed by atoms with E-state index < -0.39 is 89.4 Å². The summed E-state index contributed by atoms with van der Waals surface area (Å²) < 4.78 is 0. The minimum Gasteiger partial charge on any atom is -0.399 e. The smallest absolute Gasteiger partial charge is 0.0783 e. The summed E-state index contributed by atoms with van der Waals surface area (Å²) in [4.78, 5) is 4.52. The first kappa shape index (κ1) is 45.8. The summed E-state index contributed by atoms with van der Waals surface area (Å²) in [6.07, 6.45) is -11.6. The van der Waals surface area contributed by atoms with Crippen LogP contribution in [0.2, 0.25) is 0 Å². The van der Waals surface area contributed by atoms with Crippen LogP contribution in [-0.2, 0) is 6.54 Å². The highest BCUT2D eigenvalue weighted by Gasteiger charge is 2.52. The van der Waals surface area contributed by atoms with E-state index in [-0.39, 0.29) is 0 Å². The van der Waals surface area contributed by atoms with Crippen LogP contribution in [0.5, 0.6) is 0 Å². The zero-order valence-electron chi connectivity index (χ0n) is 28.4. The Kier molecular flexibility index (Phi) is 19.7. The van der Waals surface area contributed by atoms with Crippen LogP contribution >= 0.6 is 0 Å². The zero-order valence-corrected chi connectivity index (χ0v) is 28.4. The topological polar surface area (TPSA) is 64.9 Å². The minimum absolute atomic E-state index is 0.503. The molecular weight excluding hydrogens is 569 g/mol. The van der Waals surface area contributed by atoms with Gasteiger partial charge < -0.3 is 11.5 Å². The van der Waals surface area contributed by atoms with E-state index in [9.17, 15) is 0 Å². The molecule has 1 aromatic heterocycles. The summed E-state index contributed by atoms with van der Waals surface area (Å²) >= 11 is 0. The quantitative estimate of drug-likeness (QED) is 0.130. The molecule has 187 valence electrons. The van der Waals surface area contributed by atoms with Gasteiger partial charge in [0.1, 0.15) is 0 Å². The Morgan fingerprint density at radius 2 is 1.00 bits per heavy atom. The average molecular weight is 584 g/mol. The predicted octanol–water partition coefficient (Wildman–Crippen LogP) is -8.86. The standard InChI is InChI=1S/C16H15N3.B31/c17-10-12-3-1-2-4-14(12)16-15-6-5-13(18)9-11(15)7-8-19-16;1-17-25(16)29(24(14)15)31(28(22(10)11)23(12)13)30(26(18(2)3)19(4)5)27(20(6)7)21(8)9/h1-9H,10,17-18H2;. The monoisotopic (exact) mass is 590 g/mol. The Bertz CT molecular complexity index is 1400. The number of hydrogen-bond donors (Lipinski definition) is 2. The van der Waals surface area contributed by atoms with E-state index in [1.165, 1.54) is 7.06 Å². The molecule has 50 heavy (non-hydrogen) atoms. The summed E-state index contributed by atoms with van der Waals surface area (Å²) in [5.74, 6) is 0. The van der Waals surface area contributed by atoms with Crippen molar-refractivity contribution in [3.63, 3.8) is 0 Å². The molecule has 34 heteroatoms. The maximum Gasteiger partial charge on any atom is 0.0783 e. The van der Waals surface area contributed by atoms with Gasteiger partial charge >= 0.3 is 0 Å². The lowest BCUT2D eigenvalue weighted by Gasteiger charge is -2.50. The molecule has 4 N–H and O–H groups in total. The number of nitrogen functional groups attached to an aromatic ring is 1. The van der Waals surface area contributed by atoms with Gasteiger partial charge in [-0.25, -0.2) is 0 Å². The maximum atomic E-state index is 6.25. The van der Waals surface area contributed by atoms with Crippen molar-refractivity contribution in [3.8, 4) is 11.3 Å². The van der Waals surface area contributed by atoms with Crippen molar-refractivity contribution in [1.29, 1.82) is 0 Å². The first-order valence-electron chi connectivity index (χ1n) is 16.2. The summed E-state index contributed by atoms with van der Waals surface area (Å²) in [6, 6.07) is 15.9. The summed E-state index contributed by atoms with van der Waals surface area (Å²) in [6.45, 7) is 0.503. The first-order valence-corrected chi connectivity index (χ1v) is 16.2. The van der Waals surface area contributed by atoms with Crippen LogP contribution in [0.3, 0.4) is 0 Å². The molecule has 1 heterocycles. The van der Waals surface area contributed by atoms with E-state index in [2.05, 4.69) is 11.1 Å². The molecule has 0 amide bonds. The highest BCUT2D eigenvalue weighted by Crippen LogP contribution is 2.29. The second-order valence-corrected chi connectivity index (χ2v) is 12.8. The van der Waals surface area contributed by atoms with Gasteiger partial charge in [-0.15, -0.1) is 0 Å². The van der Waals surface area contributed by atoms with Gasteiger partial charge in [0.2, 0.25) is 0 Å². The highest BCUT2D eigenvalue weighted by molar-refractivity contribution is 8.28. The molecule has 0 aliphatic carbocycles. The van der Waals surface area contributed by atoms with Crippen molar-refractivity contribution in [3.05, 3.63) is 60.3 Å². The van der Waals surface area contributed by atoms with Crippen molar-refractivity contribution < 1.29 is 0 Å². The third-order valence-corrected chi connectivity index (χ3v) is 9.28. The van der Waals surface area contributed by atoms with Gasteiger partial charge in [-0.1, -0.05) is 30.3 Å². The normalized spacial score (nSPS) is 9.94. The van der Waals surface area contributed by atoms with Crippen molar-refractivity contribution in [2.75, 3.05) is 5.73 Å². The number of rotatable bonds is 16. The Labute approximate surface area is 329 Å². The Morgan fingerprint density at radius 1 is 0.560 bits per heavy atom. The number of benzene rings is 2. The highest BCUT2D eigenvalue weighted by atomic mass is 14.7. The van der Waals surface area contributed by atoms with Crippen LogP contribution < -0.4 is 11.5 Å². The van der Waals surface area contributed by atoms with Gasteiger partial charge in [0.25, 0.3) is 0 Å². The van der Waals surface area contributed by atoms with Crippen LogP contribution in [0.1, 0.15) is 5.56 Å². The Balaban J connectivity index is 0.000000384. The number of hydrogen-bond acceptors (Lipinski definition) is 3. The number of nitrogens with zero attached hydrogens (tertiary/aromatic N) is 1. The average Bonchev–Trinajstić information content (AvgIpc) is 3.02. The molecule has 3 nitrogen and oxygen atoms in total. The van der Waals surface area contributed by atoms with Gasteiger partial charge in [-0.05, 0) is 29.1 Å². The van der Waals surface area contributed by atoms with Gasteiger partial charge in [0, 0.05) is 250 Å². The fraction of sp³-hybridized carbons (Fsp3) is 0.0625. The summed E-state index contributed by atoms with van der Waals surface area (Å²) in [7, 11) is 98.1. The molecule has 0 atom stereocenters. The molecule has 3 rings (SSSR count). The largest absolute Gasteiger partial charge is 0.399 e. The number of fused-ring (bicyclic) bond motifs is 1. The fourth-order valence-corrected chi connectivity index (χ4v) is 7.09. The molecular formula is C16H15B31N3. The number of anilines is 1. The van der Waals surface area contributed by atoms with Gasteiger partial charge in [0.05, 0.1) is 5.69 Å². The third-order valence-electron chi connectivity index (χ3n) is 9.28. The van der Waals surface area contributed by atoms with E-state index in [0.29, 0.717) is 6.54 Å². The van der Waals surface area contributed by atoms with Gasteiger partial charge in [-0.3, -0.25) is 4.98 Å². The van der Waals surface area contributed by atoms with Gasteiger partial charge in [0.15, 0.2) is 0 Å². The second kappa shape index (κ2) is 21.5. The zero-order chi connectivity index (χ0) is 38.0. The van der Waals surface area contributed by atoms with Gasteiger partial charge in [-0.2, -0.15) is 0 Å². The summed E-state index contributed by atoms with van der Waals surface area (Å²) in [5, 5.41) is 2.19. The molecule has 0 bridgehead atoms. The molecule has 0 fully saturated rings. The van der Waals surface area contributed by atoms with E-state index >= 15 is 0 Å². The number of aromatic nitrogens is 1. The summed E-state index contributed by atoms with van der Waals surface area (Å²) in [5.41, 5.74) is 15.5.